The number of anilines is 1. The van der Waals surface area contributed by atoms with E-state index in [9.17, 15) is 0 Å². The number of likely N-dealkylation sites (tertiary alicyclic amines) is 1. The topological polar surface area (TPSA) is 55.0 Å². The number of hydrogen-bond donors (Lipinski definition) is 1. The summed E-state index contributed by atoms with van der Waals surface area (Å²) in [7, 11) is 2.12. The zero-order valence-corrected chi connectivity index (χ0v) is 7.84. The van der Waals surface area contributed by atoms with Crippen LogP contribution in [0.2, 0.25) is 0 Å². The van der Waals surface area contributed by atoms with Crippen molar-refractivity contribution in [2.45, 2.75) is 18.9 Å². The van der Waals surface area contributed by atoms with Crippen molar-refractivity contribution in [1.29, 1.82) is 0 Å². The van der Waals surface area contributed by atoms with Gasteiger partial charge in [-0.2, -0.15) is 0 Å². The SMILES string of the molecule is CN1CCC[C@H]1c1nnc(N)s1. The van der Waals surface area contributed by atoms with Gasteiger partial charge in [0.25, 0.3) is 0 Å². The zero-order chi connectivity index (χ0) is 8.55. The van der Waals surface area contributed by atoms with E-state index in [0.717, 1.165) is 11.6 Å². The minimum atomic E-state index is 0.458. The van der Waals surface area contributed by atoms with Crippen molar-refractivity contribution >= 4 is 16.5 Å². The van der Waals surface area contributed by atoms with Crippen molar-refractivity contribution < 1.29 is 0 Å². The fourth-order valence-electron chi connectivity index (χ4n) is 1.60. The van der Waals surface area contributed by atoms with Crippen molar-refractivity contribution in [1.82, 2.24) is 15.1 Å². The summed E-state index contributed by atoms with van der Waals surface area (Å²) in [6.45, 7) is 1.16. The van der Waals surface area contributed by atoms with Crippen LogP contribution in [0, 0.1) is 0 Å². The Morgan fingerprint density at radius 2 is 2.42 bits per heavy atom. The van der Waals surface area contributed by atoms with E-state index in [-0.39, 0.29) is 0 Å². The molecule has 12 heavy (non-hydrogen) atoms. The van der Waals surface area contributed by atoms with Gasteiger partial charge in [-0.3, -0.25) is 4.90 Å². The molecule has 1 aliphatic rings. The van der Waals surface area contributed by atoms with Gasteiger partial charge in [-0.25, -0.2) is 0 Å². The van der Waals surface area contributed by atoms with Crippen LogP contribution in [0.5, 0.6) is 0 Å². The summed E-state index contributed by atoms with van der Waals surface area (Å²) in [5.74, 6) is 0. The van der Waals surface area contributed by atoms with Crippen LogP contribution in [0.1, 0.15) is 23.9 Å². The number of aromatic nitrogens is 2. The van der Waals surface area contributed by atoms with E-state index < -0.39 is 0 Å². The Labute approximate surface area is 75.4 Å². The van der Waals surface area contributed by atoms with Crippen LogP contribution < -0.4 is 5.73 Å². The first-order valence-corrected chi connectivity index (χ1v) is 4.88. The summed E-state index contributed by atoms with van der Waals surface area (Å²) in [5.41, 5.74) is 5.52. The lowest BCUT2D eigenvalue weighted by molar-refractivity contribution is 0.315. The maximum Gasteiger partial charge on any atom is 0.203 e. The Bertz CT molecular complexity index is 272. The molecule has 0 aliphatic carbocycles. The van der Waals surface area contributed by atoms with Gasteiger partial charge in [0, 0.05) is 0 Å². The molecule has 0 unspecified atom stereocenters. The van der Waals surface area contributed by atoms with Gasteiger partial charge in [0.15, 0.2) is 0 Å². The van der Waals surface area contributed by atoms with Crippen LogP contribution >= 0.6 is 11.3 Å². The van der Waals surface area contributed by atoms with Crippen LogP contribution in [0.15, 0.2) is 0 Å². The van der Waals surface area contributed by atoms with Crippen molar-refractivity contribution in [2.75, 3.05) is 19.3 Å². The molecule has 1 atom stereocenters. The minimum Gasteiger partial charge on any atom is -0.374 e. The summed E-state index contributed by atoms with van der Waals surface area (Å²) in [6, 6.07) is 0.458. The van der Waals surface area contributed by atoms with Crippen molar-refractivity contribution in [3.05, 3.63) is 5.01 Å². The predicted octanol–water partition coefficient (Wildman–Crippen LogP) is 0.887. The van der Waals surface area contributed by atoms with Crippen LogP contribution in [0.4, 0.5) is 5.13 Å². The van der Waals surface area contributed by atoms with Crippen LogP contribution in [0.3, 0.4) is 0 Å². The highest BCUT2D eigenvalue weighted by Crippen LogP contribution is 2.32. The molecule has 0 spiro atoms. The molecule has 2 rings (SSSR count). The molecule has 1 fully saturated rings. The molecule has 0 aromatic carbocycles. The molecule has 66 valence electrons. The molecule has 2 heterocycles. The number of nitrogen functional groups attached to an aromatic ring is 1. The molecular weight excluding hydrogens is 172 g/mol. The molecule has 1 aromatic rings. The second-order valence-corrected chi connectivity index (χ2v) is 4.16. The number of nitrogens with zero attached hydrogens (tertiary/aromatic N) is 3. The first-order valence-electron chi connectivity index (χ1n) is 4.06. The third-order valence-electron chi connectivity index (χ3n) is 2.26. The van der Waals surface area contributed by atoms with E-state index in [1.165, 1.54) is 24.2 Å². The number of nitrogens with two attached hydrogens (primary N) is 1. The quantitative estimate of drug-likeness (QED) is 0.704. The van der Waals surface area contributed by atoms with Gasteiger partial charge in [0.1, 0.15) is 5.01 Å². The third kappa shape index (κ3) is 1.30. The number of rotatable bonds is 1. The lowest BCUT2D eigenvalue weighted by Gasteiger charge is -2.15. The summed E-state index contributed by atoms with van der Waals surface area (Å²) in [4.78, 5) is 2.31. The van der Waals surface area contributed by atoms with E-state index in [0.29, 0.717) is 11.2 Å². The van der Waals surface area contributed by atoms with Gasteiger partial charge < -0.3 is 5.73 Å². The molecular formula is C7H12N4S. The van der Waals surface area contributed by atoms with Gasteiger partial charge in [-0.1, -0.05) is 11.3 Å². The highest BCUT2D eigenvalue weighted by atomic mass is 32.1. The molecule has 1 aromatic heterocycles. The van der Waals surface area contributed by atoms with Crippen LogP contribution in [-0.2, 0) is 0 Å². The summed E-state index contributed by atoms with van der Waals surface area (Å²) < 4.78 is 0. The highest BCUT2D eigenvalue weighted by molar-refractivity contribution is 7.15. The minimum absolute atomic E-state index is 0.458. The van der Waals surface area contributed by atoms with Gasteiger partial charge in [0.05, 0.1) is 6.04 Å². The molecule has 2 N–H and O–H groups in total. The fourth-order valence-corrected chi connectivity index (χ4v) is 2.41. The second-order valence-electron chi connectivity index (χ2n) is 3.12. The zero-order valence-electron chi connectivity index (χ0n) is 7.03. The second kappa shape index (κ2) is 2.99. The summed E-state index contributed by atoms with van der Waals surface area (Å²) in [5, 5.41) is 9.50. The Morgan fingerprint density at radius 1 is 1.58 bits per heavy atom. The molecule has 0 saturated carbocycles. The van der Waals surface area contributed by atoms with Gasteiger partial charge in [0.2, 0.25) is 5.13 Å². The average Bonchev–Trinajstić information content (AvgIpc) is 2.58. The Hall–Kier alpha value is -0.680. The van der Waals surface area contributed by atoms with E-state index >= 15 is 0 Å². The van der Waals surface area contributed by atoms with Gasteiger partial charge in [-0.05, 0) is 26.4 Å². The first kappa shape index (κ1) is 7.94. The van der Waals surface area contributed by atoms with Crippen molar-refractivity contribution in [3.63, 3.8) is 0 Å². The lowest BCUT2D eigenvalue weighted by Crippen LogP contribution is -2.17. The van der Waals surface area contributed by atoms with Crippen LogP contribution in [0.25, 0.3) is 0 Å². The molecule has 4 nitrogen and oxygen atoms in total. The summed E-state index contributed by atoms with van der Waals surface area (Å²) >= 11 is 1.50. The van der Waals surface area contributed by atoms with E-state index in [1.807, 2.05) is 0 Å². The van der Waals surface area contributed by atoms with E-state index in [1.54, 1.807) is 0 Å². The van der Waals surface area contributed by atoms with Crippen LogP contribution in [-0.4, -0.2) is 28.7 Å². The lowest BCUT2D eigenvalue weighted by atomic mass is 10.2. The Morgan fingerprint density at radius 3 is 2.92 bits per heavy atom. The van der Waals surface area contributed by atoms with Crippen molar-refractivity contribution in [3.8, 4) is 0 Å². The average molecular weight is 184 g/mol. The molecule has 5 heteroatoms. The van der Waals surface area contributed by atoms with Gasteiger partial charge in [-0.15, -0.1) is 10.2 Å². The molecule has 0 bridgehead atoms. The highest BCUT2D eigenvalue weighted by Gasteiger charge is 2.25. The molecule has 1 aliphatic heterocycles. The maximum atomic E-state index is 5.52. The molecule has 0 radical (unpaired) electrons. The Balaban J connectivity index is 2.19. The molecule has 0 amide bonds. The monoisotopic (exact) mass is 184 g/mol. The smallest absolute Gasteiger partial charge is 0.203 e. The maximum absolute atomic E-state index is 5.52. The van der Waals surface area contributed by atoms with E-state index in [4.69, 9.17) is 5.73 Å². The standard InChI is InChI=1S/C7H12N4S/c1-11-4-2-3-5(11)6-9-10-7(8)12-6/h5H,2-4H2,1H3,(H2,8,10)/t5-/m0/s1. The van der Waals surface area contributed by atoms with Gasteiger partial charge >= 0.3 is 0 Å². The number of hydrogen-bond acceptors (Lipinski definition) is 5. The third-order valence-corrected chi connectivity index (χ3v) is 3.12. The normalized spacial score (nSPS) is 24.9. The largest absolute Gasteiger partial charge is 0.374 e. The Kier molecular flexibility index (Phi) is 1.98. The summed E-state index contributed by atoms with van der Waals surface area (Å²) in [6.07, 6.45) is 2.44. The fraction of sp³-hybridized carbons (Fsp3) is 0.714. The first-order chi connectivity index (χ1) is 5.77. The van der Waals surface area contributed by atoms with Crippen molar-refractivity contribution in [2.24, 2.45) is 0 Å². The molecule has 1 saturated heterocycles. The predicted molar refractivity (Wildman–Crippen MR) is 48.9 cm³/mol. The van der Waals surface area contributed by atoms with E-state index in [2.05, 4.69) is 22.1 Å².